The molecular weight excluding hydrogens is 346 g/mol. The van der Waals surface area contributed by atoms with E-state index in [1.807, 2.05) is 25.1 Å². The second-order valence-electron chi connectivity index (χ2n) is 7.01. The first-order chi connectivity index (χ1) is 13.0. The van der Waals surface area contributed by atoms with Crippen molar-refractivity contribution in [3.63, 3.8) is 0 Å². The van der Waals surface area contributed by atoms with Gasteiger partial charge in [0, 0.05) is 44.1 Å². The Morgan fingerprint density at radius 1 is 1.19 bits per heavy atom. The number of aryl methyl sites for hydroxylation is 1. The monoisotopic (exact) mass is 369 g/mol. The number of carbonyl (C=O) groups excluding carboxylic acids is 2. The minimum atomic E-state index is -0.431. The smallest absolute Gasteiger partial charge is 0.278 e. The van der Waals surface area contributed by atoms with Crippen LogP contribution in [-0.2, 0) is 6.54 Å². The minimum absolute atomic E-state index is 0.0491. The molecule has 2 aliphatic rings. The van der Waals surface area contributed by atoms with E-state index in [4.69, 9.17) is 0 Å². The van der Waals surface area contributed by atoms with E-state index in [9.17, 15) is 9.59 Å². The number of hydrogen-bond acceptors (Lipinski definition) is 6. The summed E-state index contributed by atoms with van der Waals surface area (Å²) < 4.78 is 1.47. The molecule has 0 unspecified atom stereocenters. The highest BCUT2D eigenvalue weighted by Crippen LogP contribution is 2.25. The molecular formula is C18H23N7O2. The second-order valence-corrected chi connectivity index (χ2v) is 7.01. The van der Waals surface area contributed by atoms with E-state index >= 15 is 0 Å². The highest BCUT2D eigenvalue weighted by Gasteiger charge is 2.28. The van der Waals surface area contributed by atoms with Crippen molar-refractivity contribution in [3.8, 4) is 0 Å². The highest BCUT2D eigenvalue weighted by atomic mass is 16.2. The number of nitrogens with zero attached hydrogens (tertiary/aromatic N) is 5. The summed E-state index contributed by atoms with van der Waals surface area (Å²) in [7, 11) is 2.13. The summed E-state index contributed by atoms with van der Waals surface area (Å²) >= 11 is 0. The number of hydrogen-bond donors (Lipinski definition) is 2. The molecule has 9 heteroatoms. The molecule has 142 valence electrons. The van der Waals surface area contributed by atoms with Crippen molar-refractivity contribution in [2.24, 2.45) is 0 Å². The van der Waals surface area contributed by atoms with E-state index in [-0.39, 0.29) is 17.3 Å². The fourth-order valence-corrected chi connectivity index (χ4v) is 3.53. The largest absolute Gasteiger partial charge is 0.369 e. The van der Waals surface area contributed by atoms with Crippen LogP contribution in [0.1, 0.15) is 26.5 Å². The molecule has 27 heavy (non-hydrogen) atoms. The zero-order valence-electron chi connectivity index (χ0n) is 15.5. The lowest BCUT2D eigenvalue weighted by Crippen LogP contribution is -2.44. The summed E-state index contributed by atoms with van der Waals surface area (Å²) in [4.78, 5) is 29.3. The fraction of sp³-hybridized carbons (Fsp3) is 0.444. The third kappa shape index (κ3) is 3.37. The predicted octanol–water partition coefficient (Wildman–Crippen LogP) is 0.334. The van der Waals surface area contributed by atoms with Crippen molar-refractivity contribution >= 4 is 23.2 Å². The van der Waals surface area contributed by atoms with Gasteiger partial charge in [-0.2, -0.15) is 0 Å². The molecule has 1 saturated heterocycles. The number of carbonyl (C=O) groups is 2. The Balaban J connectivity index is 1.50. The van der Waals surface area contributed by atoms with Gasteiger partial charge in [-0.05, 0) is 37.7 Å². The summed E-state index contributed by atoms with van der Waals surface area (Å²) in [5, 5.41) is 13.3. The molecule has 0 spiro atoms. The van der Waals surface area contributed by atoms with Gasteiger partial charge in [0.2, 0.25) is 0 Å². The first-order valence-corrected chi connectivity index (χ1v) is 9.10. The molecule has 4 rings (SSSR count). The molecule has 0 aliphatic carbocycles. The normalized spacial score (nSPS) is 17.4. The van der Waals surface area contributed by atoms with Crippen LogP contribution in [0.3, 0.4) is 0 Å². The Hall–Kier alpha value is -2.94. The van der Waals surface area contributed by atoms with Crippen LogP contribution in [0.25, 0.3) is 0 Å². The van der Waals surface area contributed by atoms with Crippen molar-refractivity contribution in [1.29, 1.82) is 0 Å². The van der Waals surface area contributed by atoms with E-state index in [0.29, 0.717) is 18.8 Å². The van der Waals surface area contributed by atoms with E-state index < -0.39 is 5.91 Å². The number of fused-ring (bicyclic) bond motifs is 1. The summed E-state index contributed by atoms with van der Waals surface area (Å²) in [5.74, 6) is -0.752. The van der Waals surface area contributed by atoms with Gasteiger partial charge in [0.25, 0.3) is 11.8 Å². The maximum Gasteiger partial charge on any atom is 0.278 e. The molecule has 0 bridgehead atoms. The van der Waals surface area contributed by atoms with Crippen molar-refractivity contribution in [2.75, 3.05) is 50.0 Å². The van der Waals surface area contributed by atoms with Crippen LogP contribution < -0.4 is 15.5 Å². The third-order valence-corrected chi connectivity index (χ3v) is 5.07. The van der Waals surface area contributed by atoms with Crippen LogP contribution in [0, 0.1) is 6.92 Å². The number of aromatic nitrogens is 3. The van der Waals surface area contributed by atoms with Gasteiger partial charge in [-0.25, -0.2) is 4.68 Å². The first-order valence-electron chi connectivity index (χ1n) is 9.10. The lowest BCUT2D eigenvalue weighted by molar-refractivity contribution is 0.0913. The predicted molar refractivity (Wildman–Crippen MR) is 101 cm³/mol. The summed E-state index contributed by atoms with van der Waals surface area (Å²) in [6, 6.07) is 5.86. The van der Waals surface area contributed by atoms with Crippen LogP contribution in [0.15, 0.2) is 18.2 Å². The zero-order valence-corrected chi connectivity index (χ0v) is 15.5. The maximum absolute atomic E-state index is 12.6. The molecule has 2 aromatic rings. The lowest BCUT2D eigenvalue weighted by atomic mass is 10.1. The van der Waals surface area contributed by atoms with Crippen LogP contribution in [0.2, 0.25) is 0 Å². The van der Waals surface area contributed by atoms with E-state index in [0.717, 1.165) is 31.7 Å². The molecule has 1 fully saturated rings. The highest BCUT2D eigenvalue weighted by molar-refractivity contribution is 6.10. The molecule has 0 saturated carbocycles. The SMILES string of the molecule is Cc1cc(NC(=O)c2nnn3c2C(=O)NCC3)ccc1N1CCN(C)CC1. The van der Waals surface area contributed by atoms with Gasteiger partial charge in [-0.1, -0.05) is 5.21 Å². The van der Waals surface area contributed by atoms with Crippen molar-refractivity contribution < 1.29 is 9.59 Å². The quantitative estimate of drug-likeness (QED) is 0.810. The van der Waals surface area contributed by atoms with Gasteiger partial charge in [-0.15, -0.1) is 5.10 Å². The van der Waals surface area contributed by atoms with Gasteiger partial charge in [0.15, 0.2) is 11.4 Å². The number of anilines is 2. The number of likely N-dealkylation sites (N-methyl/N-ethyl adjacent to an activating group) is 1. The number of benzene rings is 1. The number of amides is 2. The Morgan fingerprint density at radius 3 is 2.70 bits per heavy atom. The molecule has 0 radical (unpaired) electrons. The molecule has 2 aliphatic heterocycles. The maximum atomic E-state index is 12.6. The molecule has 1 aromatic carbocycles. The van der Waals surface area contributed by atoms with Crippen LogP contribution in [-0.4, -0.2) is 71.5 Å². The molecule has 1 aromatic heterocycles. The molecule has 9 nitrogen and oxygen atoms in total. The number of piperazine rings is 1. The average molecular weight is 369 g/mol. The van der Waals surface area contributed by atoms with E-state index in [1.54, 1.807) is 0 Å². The van der Waals surface area contributed by atoms with Crippen LogP contribution >= 0.6 is 0 Å². The van der Waals surface area contributed by atoms with Crippen LogP contribution in [0.4, 0.5) is 11.4 Å². The number of rotatable bonds is 3. The Morgan fingerprint density at radius 2 is 1.96 bits per heavy atom. The second kappa shape index (κ2) is 6.99. The Bertz CT molecular complexity index is 884. The van der Waals surface area contributed by atoms with E-state index in [1.165, 1.54) is 10.4 Å². The third-order valence-electron chi connectivity index (χ3n) is 5.07. The van der Waals surface area contributed by atoms with Crippen LogP contribution in [0.5, 0.6) is 0 Å². The minimum Gasteiger partial charge on any atom is -0.369 e. The standard InChI is InChI=1S/C18H23N7O2/c1-12-11-13(3-4-14(12)24-9-7-23(2)8-10-24)20-17(26)15-16-18(27)19-5-6-25(16)22-21-15/h3-4,11H,5-10H2,1-2H3,(H,19,27)(H,20,26). The molecule has 2 amide bonds. The molecule has 2 N–H and O–H groups in total. The summed E-state index contributed by atoms with van der Waals surface area (Å²) in [6.07, 6.45) is 0. The van der Waals surface area contributed by atoms with Gasteiger partial charge >= 0.3 is 0 Å². The Labute approximate surface area is 157 Å². The van der Waals surface area contributed by atoms with Crippen molar-refractivity contribution in [2.45, 2.75) is 13.5 Å². The van der Waals surface area contributed by atoms with Gasteiger partial charge in [-0.3, -0.25) is 9.59 Å². The van der Waals surface area contributed by atoms with Crippen molar-refractivity contribution in [1.82, 2.24) is 25.2 Å². The summed E-state index contributed by atoms with van der Waals surface area (Å²) in [5.41, 5.74) is 3.22. The Kier molecular flexibility index (Phi) is 4.53. The molecule has 0 atom stereocenters. The van der Waals surface area contributed by atoms with Gasteiger partial charge < -0.3 is 20.4 Å². The average Bonchev–Trinajstić information content (AvgIpc) is 3.09. The van der Waals surface area contributed by atoms with E-state index in [2.05, 4.69) is 37.8 Å². The first kappa shape index (κ1) is 17.5. The fourth-order valence-electron chi connectivity index (χ4n) is 3.53. The molecule has 3 heterocycles. The number of nitrogens with one attached hydrogen (secondary N) is 2. The van der Waals surface area contributed by atoms with Crippen molar-refractivity contribution in [3.05, 3.63) is 35.2 Å². The van der Waals surface area contributed by atoms with Gasteiger partial charge in [0.05, 0.1) is 6.54 Å². The lowest BCUT2D eigenvalue weighted by Gasteiger charge is -2.35. The topological polar surface area (TPSA) is 95.4 Å². The zero-order chi connectivity index (χ0) is 19.0. The van der Waals surface area contributed by atoms with Gasteiger partial charge in [0.1, 0.15) is 0 Å². The summed E-state index contributed by atoms with van der Waals surface area (Å²) in [6.45, 7) is 7.10.